The molecule has 0 atom stereocenters. The Morgan fingerprint density at radius 2 is 2.21 bits per heavy atom. The van der Waals surface area contributed by atoms with E-state index in [1.165, 1.54) is 25.7 Å². The van der Waals surface area contributed by atoms with Crippen molar-refractivity contribution >= 4 is 28.9 Å². The number of allylic oxidation sites excluding steroid dienone is 3. The van der Waals surface area contributed by atoms with Crippen LogP contribution in [0.3, 0.4) is 0 Å². The van der Waals surface area contributed by atoms with Crippen molar-refractivity contribution in [3.63, 3.8) is 0 Å². The van der Waals surface area contributed by atoms with E-state index < -0.39 is 6.69 Å². The topological polar surface area (TPSA) is 0 Å². The molecule has 0 aromatic heterocycles. The first-order chi connectivity index (χ1) is 6.64. The van der Waals surface area contributed by atoms with Crippen molar-refractivity contribution in [2.45, 2.75) is 44.2 Å². The lowest BCUT2D eigenvalue weighted by Crippen LogP contribution is -2.17. The first-order valence-electron chi connectivity index (χ1n) is 5.31. The van der Waals surface area contributed by atoms with Crippen molar-refractivity contribution in [1.82, 2.24) is 0 Å². The Balaban J connectivity index is 2.31. The predicted molar refractivity (Wildman–Crippen MR) is 68.4 cm³/mol. The quantitative estimate of drug-likeness (QED) is 0.366. The molecule has 1 aliphatic rings. The van der Waals surface area contributed by atoms with E-state index in [-0.39, 0.29) is 0 Å². The van der Waals surface area contributed by atoms with E-state index in [1.807, 2.05) is 6.08 Å². The van der Waals surface area contributed by atoms with Gasteiger partial charge in [-0.1, -0.05) is 17.7 Å². The van der Waals surface area contributed by atoms with E-state index in [0.29, 0.717) is 0 Å². The molecule has 0 amide bonds. The van der Waals surface area contributed by atoms with E-state index in [9.17, 15) is 0 Å². The molecule has 0 N–H and O–H groups in total. The summed E-state index contributed by atoms with van der Waals surface area (Å²) in [6.07, 6.45) is 10.5. The van der Waals surface area contributed by atoms with Gasteiger partial charge in [0.2, 0.25) is 0 Å². The zero-order valence-corrected chi connectivity index (χ0v) is 11.1. The zero-order valence-electron chi connectivity index (χ0n) is 8.57. The van der Waals surface area contributed by atoms with Crippen LogP contribution >= 0.6 is 22.2 Å². The maximum atomic E-state index is 6.26. The molecule has 0 aromatic carbocycles. The van der Waals surface area contributed by atoms with Gasteiger partial charge >= 0.3 is 0 Å². The van der Waals surface area contributed by atoms with E-state index >= 15 is 0 Å². The van der Waals surface area contributed by atoms with Gasteiger partial charge in [-0.15, -0.1) is 28.7 Å². The average molecular weight is 249 g/mol. The maximum Gasteiger partial charge on any atom is 0.255 e. The molecule has 0 aliphatic heterocycles. The summed E-state index contributed by atoms with van der Waals surface area (Å²) in [5.41, 5.74) is 1.57. The largest absolute Gasteiger partial charge is 0.255 e. The summed E-state index contributed by atoms with van der Waals surface area (Å²) in [6.45, 7) is 1.69. The van der Waals surface area contributed by atoms with Crippen LogP contribution in [0, 0.1) is 0 Å². The fourth-order valence-corrected chi connectivity index (χ4v) is 4.32. The monoisotopic (exact) mass is 248 g/mol. The molecule has 0 spiro atoms. The van der Waals surface area contributed by atoms with Gasteiger partial charge in [0.25, 0.3) is 6.69 Å². The molecule has 14 heavy (non-hydrogen) atoms. The minimum atomic E-state index is -2.00. The zero-order chi connectivity index (χ0) is 10.4. The second-order valence-corrected chi connectivity index (χ2v) is 11.5. The number of hydrogen-bond acceptors (Lipinski definition) is 0. The van der Waals surface area contributed by atoms with Gasteiger partial charge in [-0.3, -0.25) is 0 Å². The van der Waals surface area contributed by atoms with E-state index in [0.717, 1.165) is 18.5 Å². The third-order valence-electron chi connectivity index (χ3n) is 2.64. The molecule has 0 heterocycles. The third-order valence-corrected chi connectivity index (χ3v) is 6.57. The van der Waals surface area contributed by atoms with Crippen molar-refractivity contribution in [2.24, 2.45) is 0 Å². The SMILES string of the molecule is C=CC[Si](Cl)(Cl)CCC1=CCCCC1. The molecule has 1 aliphatic carbocycles. The smallest absolute Gasteiger partial charge is 0.146 e. The Morgan fingerprint density at radius 3 is 2.79 bits per heavy atom. The Kier molecular flexibility index (Phi) is 5.28. The normalized spacial score (nSPS) is 17.7. The van der Waals surface area contributed by atoms with Crippen LogP contribution < -0.4 is 0 Å². The van der Waals surface area contributed by atoms with E-state index in [4.69, 9.17) is 22.2 Å². The summed E-state index contributed by atoms with van der Waals surface area (Å²) in [4.78, 5) is 0. The van der Waals surface area contributed by atoms with Crippen LogP contribution in [0.1, 0.15) is 32.1 Å². The molecule has 80 valence electrons. The molecule has 3 heteroatoms. The van der Waals surface area contributed by atoms with E-state index in [2.05, 4.69) is 12.7 Å². The van der Waals surface area contributed by atoms with Gasteiger partial charge in [-0.05, 0) is 44.2 Å². The molecule has 0 unspecified atom stereocenters. The highest BCUT2D eigenvalue weighted by molar-refractivity contribution is 7.45. The van der Waals surface area contributed by atoms with Gasteiger partial charge < -0.3 is 0 Å². The summed E-state index contributed by atoms with van der Waals surface area (Å²) < 4.78 is 0. The lowest BCUT2D eigenvalue weighted by molar-refractivity contribution is 0.683. The van der Waals surface area contributed by atoms with Crippen LogP contribution in [0.25, 0.3) is 0 Å². The van der Waals surface area contributed by atoms with Crippen LogP contribution in [-0.2, 0) is 0 Å². The highest BCUT2D eigenvalue weighted by atomic mass is 35.7. The first kappa shape index (κ1) is 12.3. The molecular formula is C11H18Cl2Si. The minimum Gasteiger partial charge on any atom is -0.146 e. The van der Waals surface area contributed by atoms with Crippen LogP contribution in [-0.4, -0.2) is 6.69 Å². The predicted octanol–water partition coefficient (Wildman–Crippen LogP) is 4.98. The summed E-state index contributed by atoms with van der Waals surface area (Å²) in [7, 11) is 0. The van der Waals surface area contributed by atoms with Crippen molar-refractivity contribution in [3.05, 3.63) is 24.3 Å². The fraction of sp³-hybridized carbons (Fsp3) is 0.636. The van der Waals surface area contributed by atoms with Crippen molar-refractivity contribution in [3.8, 4) is 0 Å². The molecule has 0 aromatic rings. The van der Waals surface area contributed by atoms with Crippen LogP contribution in [0.15, 0.2) is 24.3 Å². The van der Waals surface area contributed by atoms with Gasteiger partial charge in [0.05, 0.1) is 0 Å². The summed E-state index contributed by atoms with van der Waals surface area (Å²) in [6, 6.07) is 1.79. The van der Waals surface area contributed by atoms with Gasteiger partial charge in [0.15, 0.2) is 0 Å². The average Bonchev–Trinajstić information content (AvgIpc) is 2.17. The molecule has 0 fully saturated rings. The van der Waals surface area contributed by atoms with Gasteiger partial charge in [-0.2, -0.15) is 0 Å². The number of halogens is 2. The summed E-state index contributed by atoms with van der Waals surface area (Å²) in [5, 5.41) is 0. The molecule has 0 nitrogen and oxygen atoms in total. The molecule has 0 bridgehead atoms. The maximum absolute atomic E-state index is 6.26. The van der Waals surface area contributed by atoms with Crippen molar-refractivity contribution in [2.75, 3.05) is 0 Å². The Hall–Kier alpha value is 0.277. The highest BCUT2D eigenvalue weighted by Gasteiger charge is 2.26. The molecule has 0 saturated carbocycles. The van der Waals surface area contributed by atoms with Gasteiger partial charge in [-0.25, -0.2) is 0 Å². The minimum absolute atomic E-state index is 0.809. The molecule has 1 rings (SSSR count). The third kappa shape index (κ3) is 4.67. The highest BCUT2D eigenvalue weighted by Crippen LogP contribution is 2.31. The Labute approximate surface area is 97.4 Å². The Bertz CT molecular complexity index is 221. The summed E-state index contributed by atoms with van der Waals surface area (Å²) >= 11 is 12.5. The first-order valence-corrected chi connectivity index (χ1v) is 9.74. The van der Waals surface area contributed by atoms with Crippen LogP contribution in [0.4, 0.5) is 0 Å². The van der Waals surface area contributed by atoms with E-state index in [1.54, 1.807) is 5.57 Å². The van der Waals surface area contributed by atoms with Crippen LogP contribution in [0.2, 0.25) is 12.1 Å². The standard InChI is InChI=1S/C11H18Cl2Si/c1-2-9-14(12,13)10-8-11-6-4-3-5-7-11/h2,6H,1,3-5,7-10H2. The second-order valence-electron chi connectivity index (χ2n) is 3.96. The molecule has 0 saturated heterocycles. The molecular weight excluding hydrogens is 231 g/mol. The number of rotatable bonds is 5. The van der Waals surface area contributed by atoms with Crippen LogP contribution in [0.5, 0.6) is 0 Å². The Morgan fingerprint density at radius 1 is 1.43 bits per heavy atom. The van der Waals surface area contributed by atoms with Gasteiger partial charge in [0.1, 0.15) is 0 Å². The lowest BCUT2D eigenvalue weighted by Gasteiger charge is -2.17. The number of hydrogen-bond donors (Lipinski definition) is 0. The van der Waals surface area contributed by atoms with Crippen molar-refractivity contribution < 1.29 is 0 Å². The lowest BCUT2D eigenvalue weighted by atomic mass is 9.98. The van der Waals surface area contributed by atoms with Crippen molar-refractivity contribution in [1.29, 1.82) is 0 Å². The summed E-state index contributed by atoms with van der Waals surface area (Å²) in [5.74, 6) is 0. The van der Waals surface area contributed by atoms with Gasteiger partial charge in [0, 0.05) is 0 Å². The second kappa shape index (κ2) is 5.99. The molecule has 0 radical (unpaired) electrons. The fourth-order valence-electron chi connectivity index (χ4n) is 1.79.